The second-order valence-corrected chi connectivity index (χ2v) is 5.75. The number of nitrogens with zero attached hydrogens (tertiary/aromatic N) is 1. The van der Waals surface area contributed by atoms with E-state index >= 15 is 0 Å². The predicted molar refractivity (Wildman–Crippen MR) is 95.2 cm³/mol. The Balaban J connectivity index is 2.23. The average Bonchev–Trinajstić information content (AvgIpc) is 3.09. The smallest absolute Gasteiger partial charge is 0.341 e. The highest BCUT2D eigenvalue weighted by atomic mass is 16.7. The Morgan fingerprint density at radius 1 is 1.08 bits per heavy atom. The van der Waals surface area contributed by atoms with Crippen LogP contribution in [0.3, 0.4) is 0 Å². The summed E-state index contributed by atoms with van der Waals surface area (Å²) in [4.78, 5) is 14.7. The van der Waals surface area contributed by atoms with Crippen LogP contribution in [0.4, 0.5) is 5.69 Å². The molecule has 2 aliphatic rings. The van der Waals surface area contributed by atoms with Crippen LogP contribution in [0.25, 0.3) is 0 Å². The highest BCUT2D eigenvalue weighted by molar-refractivity contribution is 5.93. The zero-order chi connectivity index (χ0) is 18.7. The Kier molecular flexibility index (Phi) is 5.38. The third-order valence-electron chi connectivity index (χ3n) is 4.33. The summed E-state index contributed by atoms with van der Waals surface area (Å²) in [5.41, 5.74) is 1.88. The van der Waals surface area contributed by atoms with Crippen molar-refractivity contribution in [2.45, 2.75) is 33.5 Å². The lowest BCUT2D eigenvalue weighted by molar-refractivity contribution is -0.220. The van der Waals surface area contributed by atoms with Crippen LogP contribution >= 0.6 is 0 Å². The Labute approximate surface area is 153 Å². The number of benzene rings is 1. The molecule has 7 nitrogen and oxygen atoms in total. The molecule has 7 heteroatoms. The number of ether oxygens (including phenoxy) is 5. The second kappa shape index (κ2) is 7.55. The van der Waals surface area contributed by atoms with Crippen LogP contribution in [-0.2, 0) is 24.8 Å². The standard InChI is InChI=1S/C19H25NO6/c1-5-20-11-14(18(21)22-6-2)19(25-7-3,26-8-4)13-9-16-17(10-15(13)20)24-12-23-16/h9-11H,5-8,12H2,1-4H3. The maximum Gasteiger partial charge on any atom is 0.341 e. The Bertz CT molecular complexity index is 708. The van der Waals surface area contributed by atoms with E-state index in [9.17, 15) is 4.79 Å². The molecule has 142 valence electrons. The second-order valence-electron chi connectivity index (χ2n) is 5.75. The number of carbonyl (C=O) groups excluding carboxylic acids is 1. The molecule has 0 radical (unpaired) electrons. The highest BCUT2D eigenvalue weighted by Gasteiger charge is 2.49. The zero-order valence-corrected chi connectivity index (χ0v) is 15.7. The largest absolute Gasteiger partial charge is 0.462 e. The molecule has 0 spiro atoms. The zero-order valence-electron chi connectivity index (χ0n) is 15.7. The summed E-state index contributed by atoms with van der Waals surface area (Å²) in [5.74, 6) is -0.542. The molecule has 1 aromatic rings. The van der Waals surface area contributed by atoms with Gasteiger partial charge in [-0.2, -0.15) is 0 Å². The van der Waals surface area contributed by atoms with Gasteiger partial charge in [-0.05, 0) is 33.8 Å². The lowest BCUT2D eigenvalue weighted by atomic mass is 9.91. The molecule has 0 saturated heterocycles. The quantitative estimate of drug-likeness (QED) is 0.545. The van der Waals surface area contributed by atoms with E-state index in [1.807, 2.05) is 37.8 Å². The molecule has 0 saturated carbocycles. The fourth-order valence-electron chi connectivity index (χ4n) is 3.30. The molecular weight excluding hydrogens is 338 g/mol. The van der Waals surface area contributed by atoms with Crippen LogP contribution in [0.1, 0.15) is 33.3 Å². The van der Waals surface area contributed by atoms with E-state index in [1.54, 1.807) is 13.1 Å². The van der Waals surface area contributed by atoms with Crippen molar-refractivity contribution < 1.29 is 28.5 Å². The minimum absolute atomic E-state index is 0.165. The molecular formula is C19H25NO6. The number of fused-ring (bicyclic) bond motifs is 2. The van der Waals surface area contributed by atoms with Crippen LogP contribution in [0.2, 0.25) is 0 Å². The number of esters is 1. The van der Waals surface area contributed by atoms with E-state index in [0.717, 1.165) is 5.69 Å². The number of carbonyl (C=O) groups is 1. The molecule has 0 unspecified atom stereocenters. The third-order valence-corrected chi connectivity index (χ3v) is 4.33. The number of anilines is 1. The van der Waals surface area contributed by atoms with E-state index in [4.69, 9.17) is 23.7 Å². The Hall–Kier alpha value is -2.25. The van der Waals surface area contributed by atoms with Crippen LogP contribution in [0, 0.1) is 0 Å². The molecule has 0 bridgehead atoms. The average molecular weight is 363 g/mol. The summed E-state index contributed by atoms with van der Waals surface area (Å²) in [6.07, 6.45) is 1.74. The normalized spacial score (nSPS) is 16.9. The summed E-state index contributed by atoms with van der Waals surface area (Å²) < 4.78 is 28.4. The van der Waals surface area contributed by atoms with Crippen molar-refractivity contribution >= 4 is 11.7 Å². The minimum Gasteiger partial charge on any atom is -0.462 e. The molecule has 0 aromatic heterocycles. The van der Waals surface area contributed by atoms with Gasteiger partial charge in [0.15, 0.2) is 11.5 Å². The Morgan fingerprint density at radius 3 is 2.31 bits per heavy atom. The fourth-order valence-corrected chi connectivity index (χ4v) is 3.30. The lowest BCUT2D eigenvalue weighted by Crippen LogP contribution is -2.44. The topological polar surface area (TPSA) is 66.5 Å². The van der Waals surface area contributed by atoms with Gasteiger partial charge in [-0.15, -0.1) is 0 Å². The maximum absolute atomic E-state index is 12.7. The van der Waals surface area contributed by atoms with Gasteiger partial charge in [0.2, 0.25) is 12.6 Å². The fraction of sp³-hybridized carbons (Fsp3) is 0.526. The van der Waals surface area contributed by atoms with Gasteiger partial charge < -0.3 is 28.6 Å². The van der Waals surface area contributed by atoms with Crippen LogP contribution in [0.5, 0.6) is 11.5 Å². The summed E-state index contributed by atoms with van der Waals surface area (Å²) >= 11 is 0. The van der Waals surface area contributed by atoms with Gasteiger partial charge in [0.1, 0.15) is 5.57 Å². The van der Waals surface area contributed by atoms with Gasteiger partial charge >= 0.3 is 5.97 Å². The van der Waals surface area contributed by atoms with Gasteiger partial charge in [-0.3, -0.25) is 0 Å². The first-order chi connectivity index (χ1) is 12.6. The molecule has 2 heterocycles. The third kappa shape index (κ3) is 2.91. The van der Waals surface area contributed by atoms with Crippen molar-refractivity contribution in [2.75, 3.05) is 38.1 Å². The first-order valence-corrected chi connectivity index (χ1v) is 8.99. The van der Waals surface area contributed by atoms with E-state index < -0.39 is 11.8 Å². The monoisotopic (exact) mass is 363 g/mol. The molecule has 0 N–H and O–H groups in total. The minimum atomic E-state index is -1.35. The number of hydrogen-bond donors (Lipinski definition) is 0. The van der Waals surface area contributed by atoms with Crippen molar-refractivity contribution in [3.8, 4) is 11.5 Å². The van der Waals surface area contributed by atoms with Crippen molar-refractivity contribution in [1.29, 1.82) is 0 Å². The first kappa shape index (κ1) is 18.5. The van der Waals surface area contributed by atoms with E-state index in [0.29, 0.717) is 42.4 Å². The van der Waals surface area contributed by atoms with Crippen molar-refractivity contribution in [1.82, 2.24) is 0 Å². The summed E-state index contributed by atoms with van der Waals surface area (Å²) in [7, 11) is 0. The van der Waals surface area contributed by atoms with Crippen LogP contribution in [-0.4, -0.2) is 39.1 Å². The molecule has 0 fully saturated rings. The van der Waals surface area contributed by atoms with Gasteiger partial charge in [-0.1, -0.05) is 0 Å². The number of hydrogen-bond acceptors (Lipinski definition) is 7. The van der Waals surface area contributed by atoms with Crippen LogP contribution in [0.15, 0.2) is 23.9 Å². The van der Waals surface area contributed by atoms with Crippen molar-refractivity contribution in [3.05, 3.63) is 29.5 Å². The summed E-state index contributed by atoms with van der Waals surface area (Å²) in [6.45, 7) is 9.31. The molecule has 3 rings (SSSR count). The van der Waals surface area contributed by atoms with Crippen molar-refractivity contribution in [3.63, 3.8) is 0 Å². The predicted octanol–water partition coefficient (Wildman–Crippen LogP) is 2.93. The van der Waals surface area contributed by atoms with E-state index in [1.165, 1.54) is 0 Å². The van der Waals surface area contributed by atoms with Gasteiger partial charge in [0.25, 0.3) is 0 Å². The van der Waals surface area contributed by atoms with E-state index in [2.05, 4.69) is 0 Å². The molecule has 0 aliphatic carbocycles. The Morgan fingerprint density at radius 2 is 1.73 bits per heavy atom. The summed E-state index contributed by atoms with van der Waals surface area (Å²) in [5, 5.41) is 0. The summed E-state index contributed by atoms with van der Waals surface area (Å²) in [6, 6.07) is 3.73. The molecule has 1 aromatic carbocycles. The molecule has 0 amide bonds. The first-order valence-electron chi connectivity index (χ1n) is 8.99. The van der Waals surface area contributed by atoms with E-state index in [-0.39, 0.29) is 13.4 Å². The molecule has 0 atom stereocenters. The highest BCUT2D eigenvalue weighted by Crippen LogP contribution is 2.49. The molecule has 26 heavy (non-hydrogen) atoms. The number of rotatable bonds is 7. The van der Waals surface area contributed by atoms with Crippen LogP contribution < -0.4 is 14.4 Å². The SMILES string of the molecule is CCOC(=O)C1=CN(CC)c2cc3c(cc2C1(OCC)OCC)OCO3. The molecule has 2 aliphatic heterocycles. The van der Waals surface area contributed by atoms with Gasteiger partial charge in [0, 0.05) is 37.6 Å². The van der Waals surface area contributed by atoms with Gasteiger partial charge in [0.05, 0.1) is 12.3 Å². The lowest BCUT2D eigenvalue weighted by Gasteiger charge is -2.41. The van der Waals surface area contributed by atoms with Gasteiger partial charge in [-0.25, -0.2) is 4.79 Å². The maximum atomic E-state index is 12.7. The van der Waals surface area contributed by atoms with Crippen molar-refractivity contribution in [2.24, 2.45) is 0 Å².